The van der Waals surface area contributed by atoms with Gasteiger partial charge in [0, 0.05) is 26.0 Å². The van der Waals surface area contributed by atoms with E-state index < -0.39 is 9.84 Å². The van der Waals surface area contributed by atoms with Crippen LogP contribution in [0, 0.1) is 0 Å². The van der Waals surface area contributed by atoms with Crippen LogP contribution in [0.25, 0.3) is 0 Å². The predicted octanol–water partition coefficient (Wildman–Crippen LogP) is 0.333. The SMILES string of the molecule is CC(C)S(=O)(=O)CCNCc1nccn1C. The summed E-state index contributed by atoms with van der Waals surface area (Å²) in [4.78, 5) is 4.14. The second-order valence-electron chi connectivity index (χ2n) is 4.05. The van der Waals surface area contributed by atoms with Gasteiger partial charge in [0.1, 0.15) is 5.82 Å². The number of nitrogens with one attached hydrogen (secondary N) is 1. The standard InChI is InChI=1S/C10H19N3O2S/c1-9(2)16(14,15)7-5-11-8-10-12-4-6-13(10)3/h4,6,9,11H,5,7-8H2,1-3H3. The highest BCUT2D eigenvalue weighted by molar-refractivity contribution is 7.92. The second-order valence-corrected chi connectivity index (χ2v) is 6.72. The molecule has 0 spiro atoms. The van der Waals surface area contributed by atoms with Crippen LogP contribution in [0.2, 0.25) is 0 Å². The van der Waals surface area contributed by atoms with Gasteiger partial charge in [-0.3, -0.25) is 0 Å². The summed E-state index contributed by atoms with van der Waals surface area (Å²) in [6, 6.07) is 0. The van der Waals surface area contributed by atoms with Gasteiger partial charge in [-0.15, -0.1) is 0 Å². The lowest BCUT2D eigenvalue weighted by Gasteiger charge is -2.08. The van der Waals surface area contributed by atoms with Crippen LogP contribution in [-0.2, 0) is 23.4 Å². The lowest BCUT2D eigenvalue weighted by Crippen LogP contribution is -2.27. The van der Waals surface area contributed by atoms with Crippen molar-refractivity contribution in [3.63, 3.8) is 0 Å². The van der Waals surface area contributed by atoms with Crippen molar-refractivity contribution in [2.24, 2.45) is 7.05 Å². The van der Waals surface area contributed by atoms with Crippen LogP contribution < -0.4 is 5.32 Å². The summed E-state index contributed by atoms with van der Waals surface area (Å²) in [5.41, 5.74) is 0. The van der Waals surface area contributed by atoms with Gasteiger partial charge in [0.25, 0.3) is 0 Å². The second kappa shape index (κ2) is 5.45. The van der Waals surface area contributed by atoms with Crippen molar-refractivity contribution in [2.75, 3.05) is 12.3 Å². The van der Waals surface area contributed by atoms with Crippen molar-refractivity contribution < 1.29 is 8.42 Å². The molecule has 6 heteroatoms. The molecule has 0 atom stereocenters. The molecule has 1 heterocycles. The highest BCUT2D eigenvalue weighted by atomic mass is 32.2. The van der Waals surface area contributed by atoms with E-state index in [1.165, 1.54) is 0 Å². The highest BCUT2D eigenvalue weighted by Crippen LogP contribution is 1.99. The Kier molecular flexibility index (Phi) is 4.49. The van der Waals surface area contributed by atoms with Crippen LogP contribution in [0.5, 0.6) is 0 Å². The molecular weight excluding hydrogens is 226 g/mol. The average Bonchev–Trinajstić information content (AvgIpc) is 2.59. The molecule has 92 valence electrons. The normalized spacial score (nSPS) is 12.2. The number of rotatable bonds is 6. The summed E-state index contributed by atoms with van der Waals surface area (Å²) < 4.78 is 24.9. The molecule has 5 nitrogen and oxygen atoms in total. The fraction of sp³-hybridized carbons (Fsp3) is 0.700. The molecule has 0 fully saturated rings. The van der Waals surface area contributed by atoms with Crippen molar-refractivity contribution in [2.45, 2.75) is 25.6 Å². The van der Waals surface area contributed by atoms with Gasteiger partial charge in [-0.2, -0.15) is 0 Å². The molecule has 0 saturated heterocycles. The zero-order chi connectivity index (χ0) is 12.2. The summed E-state index contributed by atoms with van der Waals surface area (Å²) in [5, 5.41) is 2.77. The zero-order valence-electron chi connectivity index (χ0n) is 9.97. The number of nitrogens with zero attached hydrogens (tertiary/aromatic N) is 2. The molecule has 1 aromatic heterocycles. The average molecular weight is 245 g/mol. The Bertz CT molecular complexity index is 423. The minimum absolute atomic E-state index is 0.176. The molecule has 0 radical (unpaired) electrons. The molecule has 0 aliphatic rings. The lowest BCUT2D eigenvalue weighted by molar-refractivity contribution is 0.580. The number of imidazole rings is 1. The Morgan fingerprint density at radius 2 is 2.19 bits per heavy atom. The maximum Gasteiger partial charge on any atom is 0.153 e. The fourth-order valence-electron chi connectivity index (χ4n) is 1.22. The third kappa shape index (κ3) is 3.61. The van der Waals surface area contributed by atoms with Gasteiger partial charge in [0.2, 0.25) is 0 Å². The van der Waals surface area contributed by atoms with Crippen LogP contribution in [0.15, 0.2) is 12.4 Å². The van der Waals surface area contributed by atoms with E-state index in [9.17, 15) is 8.42 Å². The quantitative estimate of drug-likeness (QED) is 0.734. The molecule has 0 saturated carbocycles. The lowest BCUT2D eigenvalue weighted by atomic mass is 10.5. The summed E-state index contributed by atoms with van der Waals surface area (Å²) in [5.74, 6) is 1.08. The zero-order valence-corrected chi connectivity index (χ0v) is 10.8. The Labute approximate surface area is 96.8 Å². The Hall–Kier alpha value is -0.880. The molecule has 0 aliphatic carbocycles. The van der Waals surface area contributed by atoms with E-state index in [2.05, 4.69) is 10.3 Å². The number of aromatic nitrogens is 2. The molecule has 16 heavy (non-hydrogen) atoms. The first-order valence-corrected chi connectivity index (χ1v) is 7.03. The van der Waals surface area contributed by atoms with Crippen molar-refractivity contribution in [1.29, 1.82) is 0 Å². The van der Waals surface area contributed by atoms with Crippen LogP contribution in [0.3, 0.4) is 0 Å². The van der Waals surface area contributed by atoms with Gasteiger partial charge in [-0.25, -0.2) is 13.4 Å². The van der Waals surface area contributed by atoms with E-state index in [-0.39, 0.29) is 11.0 Å². The Morgan fingerprint density at radius 3 is 2.69 bits per heavy atom. The Morgan fingerprint density at radius 1 is 1.50 bits per heavy atom. The molecule has 1 rings (SSSR count). The maximum atomic E-state index is 11.5. The summed E-state index contributed by atoms with van der Waals surface area (Å²) >= 11 is 0. The predicted molar refractivity (Wildman–Crippen MR) is 63.8 cm³/mol. The van der Waals surface area contributed by atoms with Crippen molar-refractivity contribution in [1.82, 2.24) is 14.9 Å². The third-order valence-electron chi connectivity index (χ3n) is 2.49. The topological polar surface area (TPSA) is 64.0 Å². The smallest absolute Gasteiger partial charge is 0.153 e. The first kappa shape index (κ1) is 13.2. The van der Waals surface area contributed by atoms with Crippen molar-refractivity contribution in [3.05, 3.63) is 18.2 Å². The van der Waals surface area contributed by atoms with Gasteiger partial charge >= 0.3 is 0 Å². The van der Waals surface area contributed by atoms with Gasteiger partial charge in [-0.05, 0) is 13.8 Å². The number of aryl methyl sites for hydroxylation is 1. The molecule has 0 unspecified atom stereocenters. The summed E-state index contributed by atoms with van der Waals surface area (Å²) in [6.07, 6.45) is 3.59. The molecule has 0 aromatic carbocycles. The molecule has 0 amide bonds. The number of hydrogen-bond donors (Lipinski definition) is 1. The van der Waals surface area contributed by atoms with Crippen LogP contribution in [0.4, 0.5) is 0 Å². The first-order valence-electron chi connectivity index (χ1n) is 5.32. The van der Waals surface area contributed by atoms with E-state index in [1.807, 2.05) is 17.8 Å². The van der Waals surface area contributed by atoms with E-state index >= 15 is 0 Å². The van der Waals surface area contributed by atoms with E-state index in [0.29, 0.717) is 13.1 Å². The van der Waals surface area contributed by atoms with Gasteiger partial charge in [0.05, 0.1) is 17.5 Å². The maximum absolute atomic E-state index is 11.5. The van der Waals surface area contributed by atoms with Gasteiger partial charge in [0.15, 0.2) is 9.84 Å². The Balaban J connectivity index is 2.30. The molecule has 1 aromatic rings. The number of hydrogen-bond acceptors (Lipinski definition) is 4. The van der Waals surface area contributed by atoms with Crippen LogP contribution in [-0.4, -0.2) is 35.5 Å². The molecule has 0 aliphatic heterocycles. The largest absolute Gasteiger partial charge is 0.337 e. The van der Waals surface area contributed by atoms with E-state index in [4.69, 9.17) is 0 Å². The third-order valence-corrected chi connectivity index (χ3v) is 4.70. The summed E-state index contributed by atoms with van der Waals surface area (Å²) in [7, 11) is -1.03. The van der Waals surface area contributed by atoms with E-state index in [1.54, 1.807) is 20.0 Å². The van der Waals surface area contributed by atoms with Gasteiger partial charge < -0.3 is 9.88 Å². The summed E-state index contributed by atoms with van der Waals surface area (Å²) in [6.45, 7) is 4.46. The minimum Gasteiger partial charge on any atom is -0.337 e. The van der Waals surface area contributed by atoms with Crippen LogP contribution in [0.1, 0.15) is 19.7 Å². The minimum atomic E-state index is -2.94. The molecule has 0 bridgehead atoms. The first-order chi connectivity index (χ1) is 7.43. The number of sulfone groups is 1. The fourth-order valence-corrected chi connectivity index (χ4v) is 2.12. The van der Waals surface area contributed by atoms with E-state index in [0.717, 1.165) is 5.82 Å². The molecular formula is C10H19N3O2S. The van der Waals surface area contributed by atoms with Crippen molar-refractivity contribution >= 4 is 9.84 Å². The van der Waals surface area contributed by atoms with Crippen LogP contribution >= 0.6 is 0 Å². The highest BCUT2D eigenvalue weighted by Gasteiger charge is 2.14. The monoisotopic (exact) mass is 245 g/mol. The molecule has 1 N–H and O–H groups in total. The van der Waals surface area contributed by atoms with Crippen molar-refractivity contribution in [3.8, 4) is 0 Å². The van der Waals surface area contributed by atoms with Gasteiger partial charge in [-0.1, -0.05) is 0 Å².